The second-order valence-corrected chi connectivity index (χ2v) is 9.96. The summed E-state index contributed by atoms with van der Waals surface area (Å²) in [6.07, 6.45) is 13.9. The third-order valence-corrected chi connectivity index (χ3v) is 7.69. The van der Waals surface area contributed by atoms with Crippen molar-refractivity contribution in [3.05, 3.63) is 41.5 Å². The third-order valence-electron chi connectivity index (χ3n) is 7.69. The number of likely N-dealkylation sites (tertiary alicyclic amines) is 1. The van der Waals surface area contributed by atoms with Crippen molar-refractivity contribution >= 4 is 13.2 Å². The predicted molar refractivity (Wildman–Crippen MR) is 132 cm³/mol. The molecule has 0 spiro atoms. The zero-order valence-electron chi connectivity index (χ0n) is 19.6. The van der Waals surface area contributed by atoms with Gasteiger partial charge in [-0.1, -0.05) is 57.0 Å². The van der Waals surface area contributed by atoms with Gasteiger partial charge in [0.1, 0.15) is 0 Å². The summed E-state index contributed by atoms with van der Waals surface area (Å²) in [5.74, 6) is 1.26. The van der Waals surface area contributed by atoms with E-state index in [0.29, 0.717) is 18.2 Å². The van der Waals surface area contributed by atoms with Crippen molar-refractivity contribution in [3.8, 4) is 0 Å². The average molecular weight is 426 g/mol. The normalized spacial score (nSPS) is 19.9. The Kier molecular flexibility index (Phi) is 9.21. The molecule has 5 heteroatoms. The van der Waals surface area contributed by atoms with E-state index in [1.54, 1.807) is 0 Å². The highest BCUT2D eigenvalue weighted by Crippen LogP contribution is 2.47. The van der Waals surface area contributed by atoms with E-state index in [-0.39, 0.29) is 5.54 Å². The Morgan fingerprint density at radius 3 is 2.39 bits per heavy atom. The molecule has 1 aromatic carbocycles. The number of piperidine rings is 1. The van der Waals surface area contributed by atoms with Crippen LogP contribution in [0.25, 0.3) is 6.08 Å². The first-order valence-corrected chi connectivity index (χ1v) is 12.6. The molecule has 0 aromatic heterocycles. The van der Waals surface area contributed by atoms with E-state index in [9.17, 15) is 0 Å². The minimum absolute atomic E-state index is 0.0567. The van der Waals surface area contributed by atoms with Crippen LogP contribution in [0.3, 0.4) is 0 Å². The van der Waals surface area contributed by atoms with Crippen LogP contribution in [0, 0.1) is 11.8 Å². The van der Waals surface area contributed by atoms with Gasteiger partial charge >= 0.3 is 7.12 Å². The maximum absolute atomic E-state index is 9.11. The monoisotopic (exact) mass is 426 g/mol. The molecule has 3 rings (SSSR count). The summed E-state index contributed by atoms with van der Waals surface area (Å²) < 4.78 is 0. The number of hydrogen-bond donors (Lipinski definition) is 3. The Morgan fingerprint density at radius 2 is 1.77 bits per heavy atom. The summed E-state index contributed by atoms with van der Waals surface area (Å²) in [7, 11) is -1.18. The average Bonchev–Trinajstić information content (AvgIpc) is 3.61. The molecule has 4 N–H and O–H groups in total. The fourth-order valence-electron chi connectivity index (χ4n) is 5.64. The molecule has 0 radical (unpaired) electrons. The Morgan fingerprint density at radius 1 is 1.10 bits per heavy atom. The van der Waals surface area contributed by atoms with Crippen LogP contribution in [-0.2, 0) is 13.0 Å². The van der Waals surface area contributed by atoms with E-state index < -0.39 is 7.12 Å². The summed E-state index contributed by atoms with van der Waals surface area (Å²) in [5.41, 5.74) is 11.2. The van der Waals surface area contributed by atoms with Crippen molar-refractivity contribution < 1.29 is 10.0 Å². The van der Waals surface area contributed by atoms with Gasteiger partial charge in [-0.05, 0) is 92.9 Å². The molecule has 0 amide bonds. The summed E-state index contributed by atoms with van der Waals surface area (Å²) in [4.78, 5) is 2.60. The fraction of sp³-hybridized carbons (Fsp3) is 0.692. The van der Waals surface area contributed by atoms with Crippen LogP contribution in [0.1, 0.15) is 81.4 Å². The van der Waals surface area contributed by atoms with Crippen molar-refractivity contribution in [3.63, 3.8) is 0 Å². The van der Waals surface area contributed by atoms with Crippen molar-refractivity contribution in [1.82, 2.24) is 4.90 Å². The van der Waals surface area contributed by atoms with Crippen LogP contribution < -0.4 is 5.73 Å². The minimum atomic E-state index is -1.18. The van der Waals surface area contributed by atoms with Gasteiger partial charge in [0.2, 0.25) is 0 Å². The summed E-state index contributed by atoms with van der Waals surface area (Å²) in [5, 5.41) is 18.2. The van der Waals surface area contributed by atoms with Gasteiger partial charge in [0.25, 0.3) is 0 Å². The maximum atomic E-state index is 9.11. The van der Waals surface area contributed by atoms with Crippen LogP contribution in [0.2, 0.25) is 6.32 Å². The summed E-state index contributed by atoms with van der Waals surface area (Å²) >= 11 is 0. The van der Waals surface area contributed by atoms with E-state index in [2.05, 4.69) is 36.6 Å². The number of unbranched alkanes of at least 4 members (excludes halogenated alkanes) is 2. The van der Waals surface area contributed by atoms with Crippen LogP contribution in [0.4, 0.5) is 0 Å². The molecule has 1 unspecified atom stereocenters. The number of rotatable bonds is 13. The lowest BCUT2D eigenvalue weighted by Crippen LogP contribution is -2.53. The first-order valence-electron chi connectivity index (χ1n) is 12.6. The second-order valence-electron chi connectivity index (χ2n) is 9.96. The highest BCUT2D eigenvalue weighted by atomic mass is 16.4. The van der Waals surface area contributed by atoms with E-state index in [1.165, 1.54) is 55.2 Å². The SMILES string of the molecule is C=Cc1c(CCCC)cccc1CN1CCC(C(N)(CCCCB(O)O)C2CC2)CC1. The molecule has 2 aliphatic rings. The van der Waals surface area contributed by atoms with Gasteiger partial charge in [-0.15, -0.1) is 0 Å². The minimum Gasteiger partial charge on any atom is -0.427 e. The van der Waals surface area contributed by atoms with Crippen LogP contribution >= 0.6 is 0 Å². The van der Waals surface area contributed by atoms with E-state index >= 15 is 0 Å². The molecular weight excluding hydrogens is 383 g/mol. The Hall–Kier alpha value is -1.14. The quantitative estimate of drug-likeness (QED) is 0.318. The van der Waals surface area contributed by atoms with Crippen molar-refractivity contribution in [2.45, 2.75) is 89.5 Å². The fourth-order valence-corrected chi connectivity index (χ4v) is 5.64. The van der Waals surface area contributed by atoms with Gasteiger partial charge in [-0.3, -0.25) is 4.90 Å². The molecule has 1 heterocycles. The van der Waals surface area contributed by atoms with Crippen molar-refractivity contribution in [2.24, 2.45) is 17.6 Å². The highest BCUT2D eigenvalue weighted by molar-refractivity contribution is 6.40. The maximum Gasteiger partial charge on any atom is 0.451 e. The van der Waals surface area contributed by atoms with Gasteiger partial charge in [-0.25, -0.2) is 0 Å². The van der Waals surface area contributed by atoms with Crippen molar-refractivity contribution in [2.75, 3.05) is 13.1 Å². The number of benzene rings is 1. The topological polar surface area (TPSA) is 69.7 Å². The summed E-state index contributed by atoms with van der Waals surface area (Å²) in [6, 6.07) is 6.74. The number of nitrogens with two attached hydrogens (primary N) is 1. The van der Waals surface area contributed by atoms with Gasteiger partial charge in [-0.2, -0.15) is 0 Å². The Balaban J connectivity index is 1.56. The lowest BCUT2D eigenvalue weighted by atomic mass is 9.71. The molecule has 1 aliphatic heterocycles. The smallest absolute Gasteiger partial charge is 0.427 e. The van der Waals surface area contributed by atoms with Gasteiger partial charge < -0.3 is 15.8 Å². The third kappa shape index (κ3) is 6.68. The largest absolute Gasteiger partial charge is 0.451 e. The predicted octanol–water partition coefficient (Wildman–Crippen LogP) is 4.63. The zero-order valence-corrected chi connectivity index (χ0v) is 19.6. The first kappa shape index (κ1) is 24.5. The van der Waals surface area contributed by atoms with Crippen molar-refractivity contribution in [1.29, 1.82) is 0 Å². The van der Waals surface area contributed by atoms with Crippen LogP contribution in [0.15, 0.2) is 24.8 Å². The van der Waals surface area contributed by atoms with Gasteiger partial charge in [0.15, 0.2) is 0 Å². The van der Waals surface area contributed by atoms with E-state index in [4.69, 9.17) is 15.8 Å². The molecule has 172 valence electrons. The van der Waals surface area contributed by atoms with Crippen LogP contribution in [-0.4, -0.2) is 40.7 Å². The zero-order chi connectivity index (χ0) is 22.3. The first-order chi connectivity index (χ1) is 15.0. The molecule has 0 bridgehead atoms. The standard InChI is InChI=1S/C26H43BN2O2/c1-3-5-9-21-10-8-11-22(25(21)4-2)20-29-18-14-24(15-19-29)26(28,23-12-13-23)16-6-7-17-27(30)31/h4,8,10-11,23-24,30-31H,2-3,5-7,9,12-20,28H2,1H3. The van der Waals surface area contributed by atoms with Gasteiger partial charge in [0.05, 0.1) is 0 Å². The lowest BCUT2D eigenvalue weighted by molar-refractivity contribution is 0.104. The number of aryl methyl sites for hydroxylation is 1. The Labute approximate surface area is 190 Å². The lowest BCUT2D eigenvalue weighted by Gasteiger charge is -2.43. The molecule has 4 nitrogen and oxygen atoms in total. The molecule has 1 saturated carbocycles. The Bertz CT molecular complexity index is 699. The second kappa shape index (κ2) is 11.6. The van der Waals surface area contributed by atoms with Crippen LogP contribution in [0.5, 0.6) is 0 Å². The van der Waals surface area contributed by atoms with E-state index in [1.807, 2.05) is 6.08 Å². The molecule has 1 saturated heterocycles. The molecule has 2 fully saturated rings. The van der Waals surface area contributed by atoms with Gasteiger partial charge in [0, 0.05) is 12.1 Å². The molecule has 31 heavy (non-hydrogen) atoms. The molecule has 1 aromatic rings. The molecular formula is C26H43BN2O2. The number of nitrogens with zero attached hydrogens (tertiary/aromatic N) is 1. The molecule has 1 atom stereocenters. The van der Waals surface area contributed by atoms with E-state index in [0.717, 1.165) is 45.3 Å². The molecule has 1 aliphatic carbocycles. The number of hydrogen-bond acceptors (Lipinski definition) is 4. The summed E-state index contributed by atoms with van der Waals surface area (Å²) in [6.45, 7) is 9.58. The highest BCUT2D eigenvalue weighted by Gasteiger charge is 2.47.